The van der Waals surface area contributed by atoms with Gasteiger partial charge < -0.3 is 15.4 Å². The summed E-state index contributed by atoms with van der Waals surface area (Å²) < 4.78 is 18.4. The Morgan fingerprint density at radius 1 is 1.39 bits per heavy atom. The Kier molecular flexibility index (Phi) is 4.96. The summed E-state index contributed by atoms with van der Waals surface area (Å²) in [4.78, 5) is 13.5. The molecule has 0 bridgehead atoms. The van der Waals surface area contributed by atoms with Crippen LogP contribution in [-0.4, -0.2) is 42.9 Å². The van der Waals surface area contributed by atoms with Crippen molar-refractivity contribution >= 4 is 6.09 Å². The Balaban J connectivity index is 2.50. The first-order valence-corrected chi connectivity index (χ1v) is 6.56. The molecule has 1 fully saturated rings. The van der Waals surface area contributed by atoms with Crippen LogP contribution in [0.5, 0.6) is 0 Å². The highest BCUT2D eigenvalue weighted by atomic mass is 19.1. The van der Waals surface area contributed by atoms with Gasteiger partial charge in [-0.25, -0.2) is 4.79 Å². The van der Waals surface area contributed by atoms with Gasteiger partial charge in [0.2, 0.25) is 0 Å². The monoisotopic (exact) mass is 260 g/mol. The molecule has 0 aliphatic carbocycles. The second kappa shape index (κ2) is 5.87. The van der Waals surface area contributed by atoms with Gasteiger partial charge in [0.05, 0.1) is 6.67 Å². The summed E-state index contributed by atoms with van der Waals surface area (Å²) in [6.45, 7) is 6.78. The number of carbonyl (C=O) groups excluding carboxylic acids is 1. The number of alkyl halides is 1. The summed E-state index contributed by atoms with van der Waals surface area (Å²) in [6, 6.07) is 0. The van der Waals surface area contributed by atoms with E-state index in [0.717, 1.165) is 0 Å². The van der Waals surface area contributed by atoms with Crippen molar-refractivity contribution in [2.75, 3.05) is 26.3 Å². The maximum atomic E-state index is 13.1. The highest BCUT2D eigenvalue weighted by Crippen LogP contribution is 2.35. The van der Waals surface area contributed by atoms with E-state index < -0.39 is 5.60 Å². The van der Waals surface area contributed by atoms with Gasteiger partial charge >= 0.3 is 6.09 Å². The van der Waals surface area contributed by atoms with Crippen LogP contribution < -0.4 is 5.73 Å². The predicted octanol–water partition coefficient (Wildman–Crippen LogP) is 2.32. The fraction of sp³-hybridized carbons (Fsp3) is 0.923. The third-order valence-electron chi connectivity index (χ3n) is 3.43. The van der Waals surface area contributed by atoms with E-state index in [9.17, 15) is 9.18 Å². The van der Waals surface area contributed by atoms with Gasteiger partial charge in [-0.05, 0) is 46.6 Å². The summed E-state index contributed by atoms with van der Waals surface area (Å²) >= 11 is 0. The molecule has 1 rings (SSSR count). The van der Waals surface area contributed by atoms with Gasteiger partial charge in [-0.1, -0.05) is 0 Å². The molecule has 5 heteroatoms. The van der Waals surface area contributed by atoms with Crippen molar-refractivity contribution in [3.63, 3.8) is 0 Å². The Bertz CT molecular complexity index is 281. The Hall–Kier alpha value is -0.840. The lowest BCUT2D eigenvalue weighted by molar-refractivity contribution is 0.00548. The zero-order valence-electron chi connectivity index (χ0n) is 11.7. The quantitative estimate of drug-likeness (QED) is 0.847. The van der Waals surface area contributed by atoms with E-state index in [-0.39, 0.29) is 18.2 Å². The number of nitrogens with two attached hydrogens (primary N) is 1. The summed E-state index contributed by atoms with van der Waals surface area (Å²) in [7, 11) is 0. The minimum atomic E-state index is -0.483. The van der Waals surface area contributed by atoms with Crippen LogP contribution in [0.1, 0.15) is 40.0 Å². The second-order valence-electron chi connectivity index (χ2n) is 6.14. The van der Waals surface area contributed by atoms with E-state index >= 15 is 0 Å². The zero-order valence-corrected chi connectivity index (χ0v) is 11.7. The van der Waals surface area contributed by atoms with Crippen molar-refractivity contribution in [3.05, 3.63) is 0 Å². The second-order valence-corrected chi connectivity index (χ2v) is 6.14. The molecule has 1 saturated heterocycles. The molecule has 0 radical (unpaired) electrons. The van der Waals surface area contributed by atoms with Crippen molar-refractivity contribution in [2.45, 2.75) is 45.6 Å². The van der Waals surface area contributed by atoms with Crippen molar-refractivity contribution in [2.24, 2.45) is 11.1 Å². The molecule has 0 spiro atoms. The molecular formula is C13H25FN2O2. The molecule has 0 aromatic heterocycles. The van der Waals surface area contributed by atoms with Gasteiger partial charge in [-0.3, -0.25) is 4.39 Å². The van der Waals surface area contributed by atoms with E-state index in [1.54, 1.807) is 4.90 Å². The van der Waals surface area contributed by atoms with Crippen LogP contribution in [0.3, 0.4) is 0 Å². The molecule has 2 N–H and O–H groups in total. The Morgan fingerprint density at radius 2 is 1.94 bits per heavy atom. The fourth-order valence-electron chi connectivity index (χ4n) is 2.25. The number of carbonyl (C=O) groups is 1. The highest BCUT2D eigenvalue weighted by Gasteiger charge is 2.36. The molecule has 1 heterocycles. The highest BCUT2D eigenvalue weighted by molar-refractivity contribution is 5.68. The maximum Gasteiger partial charge on any atom is 0.410 e. The molecular weight excluding hydrogens is 235 g/mol. The van der Waals surface area contributed by atoms with Crippen LogP contribution in [0.15, 0.2) is 0 Å². The zero-order chi connectivity index (χ0) is 13.8. The van der Waals surface area contributed by atoms with Crippen LogP contribution in [0.2, 0.25) is 0 Å². The first-order chi connectivity index (χ1) is 8.32. The molecule has 0 unspecified atom stereocenters. The normalized spacial score (nSPS) is 19.7. The number of amides is 1. The molecule has 106 valence electrons. The molecule has 0 aromatic rings. The van der Waals surface area contributed by atoms with Crippen molar-refractivity contribution in [1.82, 2.24) is 4.90 Å². The predicted molar refractivity (Wildman–Crippen MR) is 69.1 cm³/mol. The third kappa shape index (κ3) is 4.12. The molecule has 18 heavy (non-hydrogen) atoms. The smallest absolute Gasteiger partial charge is 0.410 e. The average Bonchev–Trinajstić information content (AvgIpc) is 2.28. The van der Waals surface area contributed by atoms with Crippen molar-refractivity contribution < 1.29 is 13.9 Å². The first kappa shape index (κ1) is 15.2. The SMILES string of the molecule is CC(C)(C)OC(=O)N1CCC(CF)(CCN)CC1. The van der Waals surface area contributed by atoms with Gasteiger partial charge in [0.25, 0.3) is 0 Å². The molecule has 4 nitrogen and oxygen atoms in total. The average molecular weight is 260 g/mol. The molecule has 0 saturated carbocycles. The van der Waals surface area contributed by atoms with Gasteiger partial charge in [0.1, 0.15) is 5.60 Å². The largest absolute Gasteiger partial charge is 0.444 e. The van der Waals surface area contributed by atoms with E-state index in [1.807, 2.05) is 20.8 Å². The number of hydrogen-bond acceptors (Lipinski definition) is 3. The lowest BCUT2D eigenvalue weighted by Gasteiger charge is -2.40. The van der Waals surface area contributed by atoms with Crippen LogP contribution in [0.4, 0.5) is 9.18 Å². The number of rotatable bonds is 3. The Labute approximate surface area is 109 Å². The van der Waals surface area contributed by atoms with Gasteiger partial charge in [0.15, 0.2) is 0 Å². The number of likely N-dealkylation sites (tertiary alicyclic amines) is 1. The standard InChI is InChI=1S/C13H25FN2O2/c1-12(2,3)18-11(17)16-8-5-13(10-14,4-7-15)6-9-16/h4-10,15H2,1-3H3. The molecule has 0 atom stereocenters. The van der Waals surface area contributed by atoms with Crippen LogP contribution in [0, 0.1) is 5.41 Å². The molecule has 1 amide bonds. The minimum Gasteiger partial charge on any atom is -0.444 e. The summed E-state index contributed by atoms with van der Waals surface area (Å²) in [6.07, 6.45) is 1.72. The third-order valence-corrected chi connectivity index (χ3v) is 3.43. The Morgan fingerprint density at radius 3 is 2.33 bits per heavy atom. The van der Waals surface area contributed by atoms with E-state index in [0.29, 0.717) is 38.9 Å². The van der Waals surface area contributed by atoms with Gasteiger partial charge in [-0.15, -0.1) is 0 Å². The lowest BCUT2D eigenvalue weighted by Crippen LogP contribution is -2.46. The summed E-state index contributed by atoms with van der Waals surface area (Å²) in [5.41, 5.74) is 4.72. The first-order valence-electron chi connectivity index (χ1n) is 6.56. The number of piperidine rings is 1. The molecule has 1 aliphatic rings. The van der Waals surface area contributed by atoms with Crippen molar-refractivity contribution in [1.29, 1.82) is 0 Å². The van der Waals surface area contributed by atoms with Crippen LogP contribution in [0.25, 0.3) is 0 Å². The number of nitrogens with zero attached hydrogens (tertiary/aromatic N) is 1. The topological polar surface area (TPSA) is 55.6 Å². The summed E-state index contributed by atoms with van der Waals surface area (Å²) in [5.74, 6) is 0. The maximum absolute atomic E-state index is 13.1. The molecule has 1 aliphatic heterocycles. The van der Waals surface area contributed by atoms with Gasteiger partial charge in [-0.2, -0.15) is 0 Å². The summed E-state index contributed by atoms with van der Waals surface area (Å²) in [5, 5.41) is 0. The number of ether oxygens (including phenoxy) is 1. The van der Waals surface area contributed by atoms with E-state index in [1.165, 1.54) is 0 Å². The van der Waals surface area contributed by atoms with Crippen LogP contribution >= 0.6 is 0 Å². The van der Waals surface area contributed by atoms with E-state index in [2.05, 4.69) is 0 Å². The van der Waals surface area contributed by atoms with E-state index in [4.69, 9.17) is 10.5 Å². The minimum absolute atomic E-state index is 0.303. The molecule has 0 aromatic carbocycles. The lowest BCUT2D eigenvalue weighted by atomic mass is 9.77. The van der Waals surface area contributed by atoms with Crippen LogP contribution in [-0.2, 0) is 4.74 Å². The van der Waals surface area contributed by atoms with Crippen molar-refractivity contribution in [3.8, 4) is 0 Å². The fourth-order valence-corrected chi connectivity index (χ4v) is 2.25. The van der Waals surface area contributed by atoms with Gasteiger partial charge in [0, 0.05) is 18.5 Å². The number of halogens is 1. The number of hydrogen-bond donors (Lipinski definition) is 1.